The molecule has 1 aromatic rings. The fourth-order valence-corrected chi connectivity index (χ4v) is 5.60. The molecule has 1 aliphatic heterocycles. The first-order valence-corrected chi connectivity index (χ1v) is 9.60. The first kappa shape index (κ1) is 16.3. The third kappa shape index (κ3) is 3.25. The number of benzene rings is 1. The summed E-state index contributed by atoms with van der Waals surface area (Å²) in [5.41, 5.74) is 5.47. The molecule has 0 radical (unpaired) electrons. The van der Waals surface area contributed by atoms with E-state index in [9.17, 15) is 21.2 Å². The van der Waals surface area contributed by atoms with Crippen molar-refractivity contribution in [1.29, 1.82) is 0 Å². The largest absolute Gasteiger partial charge is 0.326 e. The number of nitrogens with two attached hydrogens (primary N) is 1. The van der Waals surface area contributed by atoms with Crippen LogP contribution >= 0.6 is 0 Å². The smallest absolute Gasteiger partial charge is 0.243 e. The monoisotopic (exact) mass is 336 g/mol. The Morgan fingerprint density at radius 2 is 2.10 bits per heavy atom. The third-order valence-electron chi connectivity index (χ3n) is 3.64. The molecule has 0 amide bonds. The SMILES string of the molecule is CN(C1CCS(=O)(=O)C1)S(=O)(=O)c1ccc(F)c(CN)c1. The van der Waals surface area contributed by atoms with E-state index in [4.69, 9.17) is 5.73 Å². The van der Waals surface area contributed by atoms with Crippen LogP contribution in [0.15, 0.2) is 23.1 Å². The van der Waals surface area contributed by atoms with Crippen LogP contribution in [0.5, 0.6) is 0 Å². The summed E-state index contributed by atoms with van der Waals surface area (Å²) in [5.74, 6) is -0.773. The van der Waals surface area contributed by atoms with Gasteiger partial charge in [-0.1, -0.05) is 0 Å². The first-order chi connectivity index (χ1) is 9.67. The number of halogens is 1. The molecule has 1 saturated heterocycles. The topological polar surface area (TPSA) is 97.5 Å². The summed E-state index contributed by atoms with van der Waals surface area (Å²) in [6.07, 6.45) is 0.267. The molecule has 0 aliphatic carbocycles. The summed E-state index contributed by atoms with van der Waals surface area (Å²) < 4.78 is 62.3. The van der Waals surface area contributed by atoms with E-state index in [1.165, 1.54) is 13.1 Å². The third-order valence-corrected chi connectivity index (χ3v) is 7.29. The van der Waals surface area contributed by atoms with Crippen LogP contribution in [0, 0.1) is 5.82 Å². The Balaban J connectivity index is 2.34. The maximum atomic E-state index is 13.4. The van der Waals surface area contributed by atoms with Crippen LogP contribution in [0.4, 0.5) is 4.39 Å². The van der Waals surface area contributed by atoms with Crippen LogP contribution in [-0.2, 0) is 26.4 Å². The molecule has 21 heavy (non-hydrogen) atoms. The average molecular weight is 336 g/mol. The fourth-order valence-electron chi connectivity index (χ4n) is 2.29. The average Bonchev–Trinajstić information content (AvgIpc) is 2.78. The number of sulfonamides is 1. The lowest BCUT2D eigenvalue weighted by Gasteiger charge is -2.23. The number of rotatable bonds is 4. The quantitative estimate of drug-likeness (QED) is 0.840. The van der Waals surface area contributed by atoms with Gasteiger partial charge in [-0.25, -0.2) is 21.2 Å². The van der Waals surface area contributed by atoms with Gasteiger partial charge in [0.15, 0.2) is 9.84 Å². The summed E-state index contributed by atoms with van der Waals surface area (Å²) >= 11 is 0. The van der Waals surface area contributed by atoms with Gasteiger partial charge in [0.05, 0.1) is 16.4 Å². The van der Waals surface area contributed by atoms with Gasteiger partial charge >= 0.3 is 0 Å². The van der Waals surface area contributed by atoms with Gasteiger partial charge < -0.3 is 5.73 Å². The highest BCUT2D eigenvalue weighted by molar-refractivity contribution is 7.92. The molecule has 0 saturated carbocycles. The van der Waals surface area contributed by atoms with Crippen molar-refractivity contribution in [3.63, 3.8) is 0 Å². The molecule has 1 heterocycles. The predicted octanol–water partition coefficient (Wildman–Crippen LogP) is 0.0920. The molecule has 0 aromatic heterocycles. The van der Waals surface area contributed by atoms with Crippen molar-refractivity contribution in [2.75, 3.05) is 18.6 Å². The van der Waals surface area contributed by atoms with Gasteiger partial charge in [-0.15, -0.1) is 0 Å². The molecule has 9 heteroatoms. The molecule has 1 atom stereocenters. The van der Waals surface area contributed by atoms with Gasteiger partial charge in [-0.2, -0.15) is 4.31 Å². The van der Waals surface area contributed by atoms with Gasteiger partial charge in [0.1, 0.15) is 5.82 Å². The van der Waals surface area contributed by atoms with E-state index in [1.807, 2.05) is 0 Å². The summed E-state index contributed by atoms with van der Waals surface area (Å²) in [6.45, 7) is -0.114. The standard InChI is InChI=1S/C12H17FN2O4S2/c1-15(10-4-5-20(16,17)8-10)21(18,19)11-2-3-12(13)9(6-11)7-14/h2-3,6,10H,4-5,7-8,14H2,1H3. The molecule has 1 aromatic carbocycles. The molecule has 118 valence electrons. The van der Waals surface area contributed by atoms with Crippen LogP contribution in [0.25, 0.3) is 0 Å². The predicted molar refractivity (Wildman–Crippen MR) is 76.3 cm³/mol. The molecule has 1 unspecified atom stereocenters. The highest BCUT2D eigenvalue weighted by Crippen LogP contribution is 2.24. The number of nitrogens with zero attached hydrogens (tertiary/aromatic N) is 1. The number of hydrogen-bond acceptors (Lipinski definition) is 5. The van der Waals surface area contributed by atoms with E-state index in [1.54, 1.807) is 0 Å². The molecule has 1 fully saturated rings. The van der Waals surface area contributed by atoms with Crippen molar-refractivity contribution < 1.29 is 21.2 Å². The second kappa shape index (κ2) is 5.64. The fraction of sp³-hybridized carbons (Fsp3) is 0.500. The lowest BCUT2D eigenvalue weighted by molar-refractivity contribution is 0.394. The van der Waals surface area contributed by atoms with Gasteiger partial charge in [-0.05, 0) is 24.6 Å². The first-order valence-electron chi connectivity index (χ1n) is 6.34. The van der Waals surface area contributed by atoms with Crippen LogP contribution in [0.3, 0.4) is 0 Å². The lowest BCUT2D eigenvalue weighted by Crippen LogP contribution is -2.37. The number of sulfone groups is 1. The molecular weight excluding hydrogens is 319 g/mol. The van der Waals surface area contributed by atoms with Crippen LogP contribution < -0.4 is 5.73 Å². The van der Waals surface area contributed by atoms with Gasteiger partial charge in [0, 0.05) is 25.2 Å². The Morgan fingerprint density at radius 3 is 2.62 bits per heavy atom. The molecule has 2 rings (SSSR count). The summed E-state index contributed by atoms with van der Waals surface area (Å²) in [7, 11) is -5.72. The zero-order valence-corrected chi connectivity index (χ0v) is 13.1. The highest BCUT2D eigenvalue weighted by Gasteiger charge is 2.36. The molecule has 1 aliphatic rings. The lowest BCUT2D eigenvalue weighted by atomic mass is 10.2. The Kier molecular flexibility index (Phi) is 4.39. The van der Waals surface area contributed by atoms with E-state index in [0.717, 1.165) is 16.4 Å². The second-order valence-corrected chi connectivity index (χ2v) is 9.26. The van der Waals surface area contributed by atoms with E-state index in [-0.39, 0.29) is 34.9 Å². The van der Waals surface area contributed by atoms with Crippen LogP contribution in [-0.4, -0.2) is 45.7 Å². The summed E-state index contributed by atoms with van der Waals surface area (Å²) in [6, 6.07) is 2.80. The van der Waals surface area contributed by atoms with Crippen LogP contribution in [0.1, 0.15) is 12.0 Å². The minimum Gasteiger partial charge on any atom is -0.326 e. The van der Waals surface area contributed by atoms with Crippen molar-refractivity contribution in [3.8, 4) is 0 Å². The zero-order chi connectivity index (χ0) is 15.8. The summed E-state index contributed by atoms with van der Waals surface area (Å²) in [4.78, 5) is -0.0869. The Labute approximate surface area is 123 Å². The Morgan fingerprint density at radius 1 is 1.43 bits per heavy atom. The second-order valence-electron chi connectivity index (χ2n) is 5.04. The van der Waals surface area contributed by atoms with E-state index in [2.05, 4.69) is 0 Å². The van der Waals surface area contributed by atoms with Gasteiger partial charge in [0.2, 0.25) is 10.0 Å². The molecule has 0 spiro atoms. The van der Waals surface area contributed by atoms with Crippen molar-refractivity contribution in [2.24, 2.45) is 5.73 Å². The van der Waals surface area contributed by atoms with Crippen molar-refractivity contribution in [1.82, 2.24) is 4.31 Å². The van der Waals surface area contributed by atoms with Gasteiger partial charge in [-0.3, -0.25) is 0 Å². The minimum atomic E-state index is -3.88. The highest BCUT2D eigenvalue weighted by atomic mass is 32.2. The van der Waals surface area contributed by atoms with Crippen LogP contribution in [0.2, 0.25) is 0 Å². The summed E-state index contributed by atoms with van der Waals surface area (Å²) in [5, 5.41) is 0. The van der Waals surface area contributed by atoms with Gasteiger partial charge in [0.25, 0.3) is 0 Å². The maximum absolute atomic E-state index is 13.4. The minimum absolute atomic E-state index is 0.0189. The van der Waals surface area contributed by atoms with E-state index >= 15 is 0 Å². The molecule has 6 nitrogen and oxygen atoms in total. The van der Waals surface area contributed by atoms with Crippen molar-refractivity contribution >= 4 is 19.9 Å². The molecular formula is C12H17FN2O4S2. The Bertz CT molecular complexity index is 747. The maximum Gasteiger partial charge on any atom is 0.243 e. The van der Waals surface area contributed by atoms with E-state index < -0.39 is 31.7 Å². The number of hydrogen-bond donors (Lipinski definition) is 1. The van der Waals surface area contributed by atoms with Crippen molar-refractivity contribution in [3.05, 3.63) is 29.6 Å². The van der Waals surface area contributed by atoms with E-state index in [0.29, 0.717) is 0 Å². The molecule has 0 bridgehead atoms. The van der Waals surface area contributed by atoms with Crippen molar-refractivity contribution in [2.45, 2.75) is 23.9 Å². The molecule has 2 N–H and O–H groups in total. The normalized spacial score (nSPS) is 21.8. The Hall–Kier alpha value is -1.03. The zero-order valence-electron chi connectivity index (χ0n) is 11.5.